The van der Waals surface area contributed by atoms with Crippen molar-refractivity contribution in [2.45, 2.75) is 44.3 Å². The molecule has 3 unspecified atom stereocenters. The summed E-state index contributed by atoms with van der Waals surface area (Å²) >= 11 is 11.8. The highest BCUT2D eigenvalue weighted by atomic mass is 35.5. The predicted molar refractivity (Wildman–Crippen MR) is 116 cm³/mol. The quantitative estimate of drug-likeness (QED) is 0.559. The Morgan fingerprint density at radius 3 is 2.74 bits per heavy atom. The van der Waals surface area contributed by atoms with Crippen LogP contribution in [0.4, 0.5) is 14.6 Å². The van der Waals surface area contributed by atoms with Crippen molar-refractivity contribution in [2.24, 2.45) is 0 Å². The Labute approximate surface area is 201 Å². The number of hydrogen-bond acceptors (Lipinski definition) is 8. The third-order valence-electron chi connectivity index (χ3n) is 4.83. The van der Waals surface area contributed by atoms with E-state index in [0.29, 0.717) is 9.59 Å². The molecule has 2 aliphatic heterocycles. The molecule has 184 valence electrons. The van der Waals surface area contributed by atoms with Gasteiger partial charge in [0.1, 0.15) is 11.9 Å². The normalized spacial score (nSPS) is 28.0. The maximum absolute atomic E-state index is 15.1. The van der Waals surface area contributed by atoms with Crippen LogP contribution in [0.15, 0.2) is 35.3 Å². The first-order chi connectivity index (χ1) is 15.9. The number of fused-ring (bicyclic) bond motifs is 1. The van der Waals surface area contributed by atoms with E-state index in [9.17, 15) is 14.2 Å². The second-order valence-electron chi connectivity index (χ2n) is 7.71. The highest BCUT2D eigenvalue weighted by molar-refractivity contribution is 7.48. The highest BCUT2D eigenvalue weighted by Gasteiger charge is 2.65. The van der Waals surface area contributed by atoms with Gasteiger partial charge < -0.3 is 10.1 Å². The number of nitrogens with one attached hydrogen (secondary N) is 1. The average molecular weight is 540 g/mol. The molecule has 2 saturated heterocycles. The lowest BCUT2D eigenvalue weighted by atomic mass is 10.1. The molecule has 4 rings (SSSR count). The summed E-state index contributed by atoms with van der Waals surface area (Å²) in [6.07, 6.45) is -5.03. The maximum atomic E-state index is 15.1. The van der Waals surface area contributed by atoms with E-state index in [1.54, 1.807) is 0 Å². The molecule has 1 amide bonds. The first-order valence-electron chi connectivity index (χ1n) is 9.90. The van der Waals surface area contributed by atoms with Gasteiger partial charge in [0.2, 0.25) is 6.23 Å². The molecular formula is C19H18Cl2F2N3O7P. The fourth-order valence-corrected chi connectivity index (χ4v) is 5.46. The molecule has 0 aliphatic carbocycles. The number of phosphoric acid groups is 1. The van der Waals surface area contributed by atoms with Crippen LogP contribution < -0.4 is 11.0 Å². The molecule has 15 heteroatoms. The van der Waals surface area contributed by atoms with Crippen molar-refractivity contribution in [3.05, 3.63) is 56.6 Å². The van der Waals surface area contributed by atoms with Crippen molar-refractivity contribution in [2.75, 3.05) is 11.9 Å². The summed E-state index contributed by atoms with van der Waals surface area (Å²) < 4.78 is 63.6. The highest BCUT2D eigenvalue weighted by Crippen LogP contribution is 2.60. The van der Waals surface area contributed by atoms with Crippen molar-refractivity contribution >= 4 is 42.7 Å². The molecule has 0 saturated carbocycles. The van der Waals surface area contributed by atoms with Crippen molar-refractivity contribution in [3.8, 4) is 0 Å². The van der Waals surface area contributed by atoms with Crippen LogP contribution in [-0.4, -0.2) is 46.3 Å². The van der Waals surface area contributed by atoms with Crippen LogP contribution >= 0.6 is 31.0 Å². The number of anilines is 1. The van der Waals surface area contributed by atoms with Gasteiger partial charge in [-0.1, -0.05) is 23.2 Å². The summed E-state index contributed by atoms with van der Waals surface area (Å²) in [7, 11) is -4.24. The van der Waals surface area contributed by atoms with Crippen molar-refractivity contribution in [1.29, 1.82) is 0 Å². The minimum absolute atomic E-state index is 0.0666. The van der Waals surface area contributed by atoms with Gasteiger partial charge >= 0.3 is 19.4 Å². The van der Waals surface area contributed by atoms with Gasteiger partial charge in [-0.15, -0.1) is 0 Å². The van der Waals surface area contributed by atoms with Crippen LogP contribution in [0.2, 0.25) is 10.0 Å². The van der Waals surface area contributed by atoms with E-state index in [1.807, 2.05) is 0 Å². The number of carbonyl (C=O) groups excluding carboxylic acids is 1. The lowest BCUT2D eigenvalue weighted by Gasteiger charge is -2.32. The van der Waals surface area contributed by atoms with E-state index in [2.05, 4.69) is 10.3 Å². The molecule has 10 nitrogen and oxygen atoms in total. The van der Waals surface area contributed by atoms with Crippen molar-refractivity contribution in [3.63, 3.8) is 0 Å². The van der Waals surface area contributed by atoms with E-state index < -0.39 is 56.5 Å². The number of phosphoric ester groups is 1. The van der Waals surface area contributed by atoms with Gasteiger partial charge in [-0.2, -0.15) is 13.8 Å². The topological polar surface area (TPSA) is 118 Å². The number of benzene rings is 1. The van der Waals surface area contributed by atoms with Gasteiger partial charge in [0.25, 0.3) is 5.91 Å². The van der Waals surface area contributed by atoms with Crippen LogP contribution in [0.1, 0.15) is 30.4 Å². The molecule has 1 N–H and O–H groups in total. The summed E-state index contributed by atoms with van der Waals surface area (Å²) in [5.74, 6) is -4.67. The second-order valence-corrected chi connectivity index (χ2v) is 10.1. The SMILES string of the molecule is CC(C)OP1(=O)OCC2OC(n3ccc(NC(=O)c4ccc(Cl)cc4Cl)nc3=O)C(F)(F)[C@@H]2O1. The predicted octanol–water partition coefficient (Wildman–Crippen LogP) is 4.28. The largest absolute Gasteiger partial charge is 0.475 e. The molecule has 1 aromatic carbocycles. The molecule has 4 atom stereocenters. The fraction of sp³-hybridized carbons (Fsp3) is 0.421. The number of nitrogens with zero attached hydrogens (tertiary/aromatic N) is 2. The number of carbonyl (C=O) groups is 1. The zero-order valence-electron chi connectivity index (χ0n) is 17.6. The molecule has 0 radical (unpaired) electrons. The third kappa shape index (κ3) is 4.90. The fourth-order valence-electron chi connectivity index (χ4n) is 3.40. The van der Waals surface area contributed by atoms with Gasteiger partial charge in [-0.05, 0) is 38.1 Å². The Morgan fingerprint density at radius 1 is 1.35 bits per heavy atom. The Balaban J connectivity index is 1.53. The maximum Gasteiger partial charge on any atom is 0.475 e. The van der Waals surface area contributed by atoms with E-state index in [4.69, 9.17) is 41.5 Å². The minimum Gasteiger partial charge on any atom is -0.343 e. The third-order valence-corrected chi connectivity index (χ3v) is 7.01. The zero-order valence-corrected chi connectivity index (χ0v) is 20.0. The number of halogens is 4. The van der Waals surface area contributed by atoms with Crippen molar-refractivity contribution in [1.82, 2.24) is 9.55 Å². The molecule has 0 bridgehead atoms. The van der Waals surface area contributed by atoms with Crippen LogP contribution in [0.25, 0.3) is 0 Å². The zero-order chi connectivity index (χ0) is 24.8. The van der Waals surface area contributed by atoms with E-state index >= 15 is 8.78 Å². The standard InChI is InChI=1S/C19H18Cl2F2N3O7P/c1-9(2)32-34(29)30-8-13-15(33-34)19(22,23)17(31-13)26-6-5-14(25-18(26)28)24-16(27)11-4-3-10(20)7-12(11)21/h3-7,9,13,15,17H,8H2,1-2H3,(H,24,25,27,28)/t13?,15-,17?,34?/m1/s1. The summed E-state index contributed by atoms with van der Waals surface area (Å²) in [5.41, 5.74) is -1.07. The molecule has 1 aromatic heterocycles. The lowest BCUT2D eigenvalue weighted by Crippen LogP contribution is -2.45. The molecular weight excluding hydrogens is 522 g/mol. The summed E-state index contributed by atoms with van der Waals surface area (Å²) in [6.45, 7) is 2.59. The van der Waals surface area contributed by atoms with Gasteiger partial charge in [0.05, 0.1) is 23.3 Å². The Bertz CT molecular complexity index is 1230. The summed E-state index contributed by atoms with van der Waals surface area (Å²) in [4.78, 5) is 28.5. The Kier molecular flexibility index (Phi) is 6.87. The summed E-state index contributed by atoms with van der Waals surface area (Å²) in [6, 6.07) is 5.32. The first-order valence-corrected chi connectivity index (χ1v) is 12.1. The van der Waals surface area contributed by atoms with Gasteiger partial charge in [0.15, 0.2) is 6.10 Å². The Morgan fingerprint density at radius 2 is 2.09 bits per heavy atom. The van der Waals surface area contributed by atoms with E-state index in [0.717, 1.165) is 12.3 Å². The number of alkyl halides is 2. The number of amides is 1. The van der Waals surface area contributed by atoms with E-state index in [1.165, 1.54) is 32.0 Å². The van der Waals surface area contributed by atoms with E-state index in [-0.39, 0.29) is 16.4 Å². The Hall–Kier alpha value is -1.92. The second kappa shape index (κ2) is 9.27. The molecule has 2 fully saturated rings. The van der Waals surface area contributed by atoms with Crippen LogP contribution in [-0.2, 0) is 22.9 Å². The molecule has 2 aromatic rings. The van der Waals surface area contributed by atoms with Crippen molar-refractivity contribution < 1.29 is 36.4 Å². The van der Waals surface area contributed by atoms with Crippen LogP contribution in [0, 0.1) is 0 Å². The smallest absolute Gasteiger partial charge is 0.343 e. The number of rotatable bonds is 5. The lowest BCUT2D eigenvalue weighted by molar-refractivity contribution is -0.139. The van der Waals surface area contributed by atoms with Gasteiger partial charge in [-0.25, -0.2) is 9.36 Å². The minimum atomic E-state index is -4.24. The average Bonchev–Trinajstić information content (AvgIpc) is 2.97. The number of hydrogen-bond donors (Lipinski definition) is 1. The molecule has 34 heavy (non-hydrogen) atoms. The van der Waals surface area contributed by atoms with Gasteiger partial charge in [-0.3, -0.25) is 22.9 Å². The van der Waals surface area contributed by atoms with Crippen LogP contribution in [0.3, 0.4) is 0 Å². The summed E-state index contributed by atoms with van der Waals surface area (Å²) in [5, 5.41) is 2.75. The van der Waals surface area contributed by atoms with Gasteiger partial charge in [0, 0.05) is 11.2 Å². The molecule has 0 spiro atoms. The number of aromatic nitrogens is 2. The molecule has 3 heterocycles. The first kappa shape index (κ1) is 25.2. The van der Waals surface area contributed by atoms with Crippen LogP contribution in [0.5, 0.6) is 0 Å². The monoisotopic (exact) mass is 539 g/mol. The molecule has 2 aliphatic rings. The number of ether oxygens (including phenoxy) is 1.